The molecular weight excluding hydrogens is 398 g/mol. The Kier molecular flexibility index (Phi) is 4.05. The molecule has 0 fully saturated rings. The summed E-state index contributed by atoms with van der Waals surface area (Å²) in [6, 6.07) is 10.9. The summed E-state index contributed by atoms with van der Waals surface area (Å²) in [4.78, 5) is 38.3. The second-order valence-electron chi connectivity index (χ2n) is 8.74. The first kappa shape index (κ1) is 19.4. The number of phenolic OH excluding ortho intramolecular Hbond substituents is 1. The van der Waals surface area contributed by atoms with Crippen LogP contribution in [-0.4, -0.2) is 30.4 Å². The van der Waals surface area contributed by atoms with E-state index in [4.69, 9.17) is 4.74 Å². The van der Waals surface area contributed by atoms with Crippen LogP contribution in [0.4, 0.5) is 0 Å². The highest BCUT2D eigenvalue weighted by atomic mass is 16.5. The van der Waals surface area contributed by atoms with Gasteiger partial charge in [0.2, 0.25) is 0 Å². The number of Topliss-reactive ketones (excluding diaryl/α,β-unsaturated/α-hetero) is 1. The summed E-state index contributed by atoms with van der Waals surface area (Å²) < 4.78 is 10.3. The number of nitrogens with zero attached hydrogens (tertiary/aromatic N) is 3. The normalized spacial score (nSPS) is 20.9. The second-order valence-corrected chi connectivity index (χ2v) is 8.74. The highest BCUT2D eigenvalue weighted by molar-refractivity contribution is 5.94. The first-order chi connectivity index (χ1) is 14.7. The van der Waals surface area contributed by atoms with Crippen molar-refractivity contribution in [3.05, 3.63) is 74.6 Å². The van der Waals surface area contributed by atoms with Gasteiger partial charge in [0.25, 0.3) is 0 Å². The molecule has 0 amide bonds. The maximum Gasteiger partial charge on any atom is 0.352 e. The van der Waals surface area contributed by atoms with Crippen molar-refractivity contribution in [2.45, 2.75) is 45.4 Å². The molecule has 0 bridgehead atoms. The molecule has 1 N–H and O–H groups in total. The summed E-state index contributed by atoms with van der Waals surface area (Å²) >= 11 is 0. The van der Waals surface area contributed by atoms with Gasteiger partial charge in [-0.2, -0.15) is 0 Å². The number of ketones is 1. The van der Waals surface area contributed by atoms with Gasteiger partial charge in [0, 0.05) is 29.7 Å². The Morgan fingerprint density at radius 2 is 1.81 bits per heavy atom. The summed E-state index contributed by atoms with van der Waals surface area (Å²) in [5, 5.41) is 9.93. The highest BCUT2D eigenvalue weighted by Gasteiger charge is 2.48. The molecule has 0 saturated carbocycles. The van der Waals surface area contributed by atoms with Crippen molar-refractivity contribution in [2.24, 2.45) is 5.92 Å². The van der Waals surface area contributed by atoms with E-state index in [1.54, 1.807) is 42.5 Å². The number of hydrogen-bond donors (Lipinski definition) is 1. The number of aromatic nitrogens is 3. The zero-order valence-corrected chi connectivity index (χ0v) is 17.5. The molecule has 2 aromatic carbocycles. The number of rotatable bonds is 2. The van der Waals surface area contributed by atoms with Crippen molar-refractivity contribution in [1.29, 1.82) is 0 Å². The molecule has 0 aliphatic carbocycles. The molecule has 3 heterocycles. The predicted octanol–water partition coefficient (Wildman–Crippen LogP) is 2.49. The van der Waals surface area contributed by atoms with E-state index >= 15 is 0 Å². The van der Waals surface area contributed by atoms with Crippen LogP contribution in [0.25, 0.3) is 5.69 Å². The van der Waals surface area contributed by atoms with Gasteiger partial charge in [0.05, 0.1) is 11.7 Å². The zero-order valence-electron chi connectivity index (χ0n) is 17.5. The molecule has 8 heteroatoms. The monoisotopic (exact) mass is 421 g/mol. The van der Waals surface area contributed by atoms with Gasteiger partial charge in [-0.25, -0.2) is 23.5 Å². The molecule has 0 saturated heterocycles. The average Bonchev–Trinajstić information content (AvgIpc) is 2.97. The topological polar surface area (TPSA) is 95.5 Å². The minimum absolute atomic E-state index is 0.0300. The third-order valence-electron chi connectivity index (χ3n) is 6.47. The van der Waals surface area contributed by atoms with Gasteiger partial charge in [0.1, 0.15) is 17.1 Å². The average molecular weight is 421 g/mol. The molecule has 2 unspecified atom stereocenters. The summed E-state index contributed by atoms with van der Waals surface area (Å²) in [6.07, 6.45) is 0.671. The van der Waals surface area contributed by atoms with E-state index in [9.17, 15) is 19.5 Å². The van der Waals surface area contributed by atoms with Crippen molar-refractivity contribution in [2.75, 3.05) is 0 Å². The zero-order chi connectivity index (χ0) is 22.1. The van der Waals surface area contributed by atoms with E-state index < -0.39 is 23.0 Å². The van der Waals surface area contributed by atoms with Gasteiger partial charge in [0.15, 0.2) is 5.78 Å². The fourth-order valence-electron chi connectivity index (χ4n) is 4.91. The Labute approximate surface area is 177 Å². The van der Waals surface area contributed by atoms with Crippen molar-refractivity contribution in [1.82, 2.24) is 13.9 Å². The molecule has 31 heavy (non-hydrogen) atoms. The van der Waals surface area contributed by atoms with E-state index in [1.807, 2.05) is 13.8 Å². The summed E-state index contributed by atoms with van der Waals surface area (Å²) in [6.45, 7) is 5.80. The largest absolute Gasteiger partial charge is 0.508 e. The number of fused-ring (bicyclic) bond motifs is 5. The van der Waals surface area contributed by atoms with Crippen LogP contribution < -0.4 is 16.1 Å². The lowest BCUT2D eigenvalue weighted by atomic mass is 9.76. The number of carbonyl (C=O) groups is 1. The van der Waals surface area contributed by atoms with E-state index in [-0.39, 0.29) is 17.5 Å². The number of phenols is 1. The number of hydrogen-bond acceptors (Lipinski definition) is 5. The van der Waals surface area contributed by atoms with Crippen molar-refractivity contribution in [3.63, 3.8) is 0 Å². The number of benzene rings is 2. The molecule has 1 aromatic heterocycles. The Morgan fingerprint density at radius 1 is 1.10 bits per heavy atom. The standard InChI is InChI=1S/C23H23N3O5/c1-13(27)14-4-6-15(7-5-14)25-21(29)24-11-10-18-20(26(24)22(25)30)17-9-8-16(28)12-19(17)31-23(18,2)3/h4-9,12,18,20,28H,10-11H2,1-3H3. The second kappa shape index (κ2) is 6.47. The minimum atomic E-state index is -0.586. The molecule has 5 rings (SSSR count). The maximum absolute atomic E-state index is 13.5. The minimum Gasteiger partial charge on any atom is -0.508 e. The Bertz CT molecular complexity index is 1330. The van der Waals surface area contributed by atoms with Gasteiger partial charge in [-0.1, -0.05) is 0 Å². The lowest BCUT2D eigenvalue weighted by molar-refractivity contribution is -0.0224. The summed E-state index contributed by atoms with van der Waals surface area (Å²) in [7, 11) is 0. The van der Waals surface area contributed by atoms with Gasteiger partial charge in [-0.05, 0) is 63.6 Å². The van der Waals surface area contributed by atoms with Crippen LogP contribution in [0.1, 0.15) is 49.2 Å². The molecular formula is C23H23N3O5. The van der Waals surface area contributed by atoms with Crippen LogP contribution in [0.3, 0.4) is 0 Å². The van der Waals surface area contributed by atoms with Gasteiger partial charge in [-0.3, -0.25) is 4.79 Å². The molecule has 0 spiro atoms. The van der Waals surface area contributed by atoms with Crippen LogP contribution in [0.5, 0.6) is 11.5 Å². The quantitative estimate of drug-likeness (QED) is 0.642. The Morgan fingerprint density at radius 3 is 2.48 bits per heavy atom. The van der Waals surface area contributed by atoms with Gasteiger partial charge < -0.3 is 9.84 Å². The number of ether oxygens (including phenoxy) is 1. The molecule has 8 nitrogen and oxygen atoms in total. The van der Waals surface area contributed by atoms with E-state index in [0.29, 0.717) is 30.0 Å². The highest BCUT2D eigenvalue weighted by Crippen LogP contribution is 2.48. The summed E-state index contributed by atoms with van der Waals surface area (Å²) in [5.74, 6) is 0.478. The van der Waals surface area contributed by atoms with Crippen LogP contribution in [-0.2, 0) is 6.54 Å². The molecule has 160 valence electrons. The molecule has 3 aromatic rings. The SMILES string of the molecule is CC(=O)c1ccc(-n2c(=O)n3n(c2=O)C2c4ccc(O)cc4OC(C)(C)C2CC3)cc1. The molecule has 2 aliphatic rings. The fraction of sp³-hybridized carbons (Fsp3) is 0.348. The smallest absolute Gasteiger partial charge is 0.352 e. The van der Waals surface area contributed by atoms with Crippen LogP contribution >= 0.6 is 0 Å². The Hall–Kier alpha value is -3.55. The Balaban J connectivity index is 1.73. The fourth-order valence-corrected chi connectivity index (χ4v) is 4.91. The van der Waals surface area contributed by atoms with Crippen molar-refractivity contribution >= 4 is 5.78 Å². The molecule has 2 atom stereocenters. The third kappa shape index (κ3) is 2.78. The maximum atomic E-state index is 13.5. The van der Waals surface area contributed by atoms with E-state index in [1.165, 1.54) is 16.3 Å². The van der Waals surface area contributed by atoms with Gasteiger partial charge in [-0.15, -0.1) is 0 Å². The lowest BCUT2D eigenvalue weighted by Crippen LogP contribution is -2.52. The van der Waals surface area contributed by atoms with Crippen molar-refractivity contribution in [3.8, 4) is 17.2 Å². The lowest BCUT2D eigenvalue weighted by Gasteiger charge is -2.47. The first-order valence-corrected chi connectivity index (χ1v) is 10.3. The van der Waals surface area contributed by atoms with Crippen molar-refractivity contribution < 1.29 is 14.6 Å². The molecule has 0 radical (unpaired) electrons. The molecule has 2 aliphatic heterocycles. The van der Waals surface area contributed by atoms with Crippen LogP contribution in [0.15, 0.2) is 52.1 Å². The number of carbonyl (C=O) groups excluding carboxylic acids is 1. The first-order valence-electron chi connectivity index (χ1n) is 10.3. The van der Waals surface area contributed by atoms with Gasteiger partial charge >= 0.3 is 11.4 Å². The predicted molar refractivity (Wildman–Crippen MR) is 113 cm³/mol. The van der Waals surface area contributed by atoms with Crippen LogP contribution in [0.2, 0.25) is 0 Å². The van der Waals surface area contributed by atoms with Crippen LogP contribution in [0, 0.1) is 5.92 Å². The summed E-state index contributed by atoms with van der Waals surface area (Å²) in [5.41, 5.74) is 0.263. The van der Waals surface area contributed by atoms with E-state index in [0.717, 1.165) is 10.1 Å². The van der Waals surface area contributed by atoms with E-state index in [2.05, 4.69) is 0 Å². The number of aromatic hydroxyl groups is 1. The third-order valence-corrected chi connectivity index (χ3v) is 6.47.